The highest BCUT2D eigenvalue weighted by atomic mass is 127. The van der Waals surface area contributed by atoms with Crippen LogP contribution < -0.4 is 10.6 Å². The van der Waals surface area contributed by atoms with Gasteiger partial charge < -0.3 is 15.2 Å². The number of rotatable bonds is 5. The van der Waals surface area contributed by atoms with Gasteiger partial charge >= 0.3 is 0 Å². The van der Waals surface area contributed by atoms with Crippen LogP contribution in [-0.4, -0.2) is 55.7 Å². The van der Waals surface area contributed by atoms with E-state index in [2.05, 4.69) is 25.8 Å². The van der Waals surface area contributed by atoms with Crippen molar-refractivity contribution in [2.45, 2.75) is 18.9 Å². The highest BCUT2D eigenvalue weighted by Gasteiger charge is 2.28. The van der Waals surface area contributed by atoms with E-state index in [0.717, 1.165) is 5.56 Å². The highest BCUT2D eigenvalue weighted by molar-refractivity contribution is 14.0. The number of aliphatic imine (C=N–C) groups is 1. The zero-order valence-electron chi connectivity index (χ0n) is 14.7. The predicted octanol–water partition coefficient (Wildman–Crippen LogP) is 1.90. The standard InChI is InChI=1S/C16H20ClN5O3S.HI/c1-18-16(20-13-7-9-26(23,24)10-13)19-8-6-14-21-15(22-25-14)11-2-4-12(17)5-3-11;/h2-5,13H,6-10H2,1H3,(H2,18,19,20);1H. The second-order valence-electron chi connectivity index (χ2n) is 6.01. The maximum atomic E-state index is 11.5. The van der Waals surface area contributed by atoms with Crippen LogP contribution >= 0.6 is 35.6 Å². The Kier molecular flexibility index (Phi) is 7.86. The molecule has 0 aliphatic carbocycles. The van der Waals surface area contributed by atoms with Crippen LogP contribution in [0.25, 0.3) is 11.4 Å². The summed E-state index contributed by atoms with van der Waals surface area (Å²) in [5, 5.41) is 10.9. The molecule has 8 nitrogen and oxygen atoms in total. The first-order valence-corrected chi connectivity index (χ1v) is 10.4. The molecular formula is C16H21ClIN5O3S. The fraction of sp³-hybridized carbons (Fsp3) is 0.438. The van der Waals surface area contributed by atoms with Crippen LogP contribution in [-0.2, 0) is 16.3 Å². The van der Waals surface area contributed by atoms with Gasteiger partial charge in [0.25, 0.3) is 0 Å². The molecule has 148 valence electrons. The summed E-state index contributed by atoms with van der Waals surface area (Å²) in [7, 11) is -1.28. The topological polar surface area (TPSA) is 109 Å². The van der Waals surface area contributed by atoms with E-state index in [4.69, 9.17) is 16.1 Å². The molecule has 1 aliphatic heterocycles. The number of halogens is 2. The Bertz CT molecular complexity index is 886. The van der Waals surface area contributed by atoms with Crippen molar-refractivity contribution in [3.8, 4) is 11.4 Å². The molecule has 27 heavy (non-hydrogen) atoms. The van der Waals surface area contributed by atoms with E-state index in [-0.39, 0.29) is 41.5 Å². The third-order valence-electron chi connectivity index (χ3n) is 4.00. The number of aromatic nitrogens is 2. The molecule has 1 aliphatic rings. The average molecular weight is 526 g/mol. The average Bonchev–Trinajstić information content (AvgIpc) is 3.21. The maximum Gasteiger partial charge on any atom is 0.228 e. The van der Waals surface area contributed by atoms with Crippen molar-refractivity contribution < 1.29 is 12.9 Å². The van der Waals surface area contributed by atoms with Crippen LogP contribution in [0.4, 0.5) is 0 Å². The van der Waals surface area contributed by atoms with Crippen molar-refractivity contribution in [3.63, 3.8) is 0 Å². The van der Waals surface area contributed by atoms with Crippen molar-refractivity contribution in [1.29, 1.82) is 0 Å². The minimum Gasteiger partial charge on any atom is -0.356 e. The summed E-state index contributed by atoms with van der Waals surface area (Å²) in [6.45, 7) is 0.529. The quantitative estimate of drug-likeness (QED) is 0.349. The largest absolute Gasteiger partial charge is 0.356 e. The zero-order chi connectivity index (χ0) is 18.6. The van der Waals surface area contributed by atoms with E-state index in [1.54, 1.807) is 19.2 Å². The summed E-state index contributed by atoms with van der Waals surface area (Å²) in [5.74, 6) is 1.93. The third kappa shape index (κ3) is 6.32. The van der Waals surface area contributed by atoms with Gasteiger partial charge in [0.05, 0.1) is 11.5 Å². The molecule has 3 rings (SSSR count). The minimum atomic E-state index is -2.93. The van der Waals surface area contributed by atoms with Gasteiger partial charge in [-0.05, 0) is 30.7 Å². The van der Waals surface area contributed by atoms with Gasteiger partial charge in [-0.3, -0.25) is 4.99 Å². The number of hydrogen-bond acceptors (Lipinski definition) is 6. The predicted molar refractivity (Wildman–Crippen MR) is 115 cm³/mol. The molecule has 1 atom stereocenters. The first-order chi connectivity index (χ1) is 12.4. The van der Waals surface area contributed by atoms with Gasteiger partial charge in [0.1, 0.15) is 0 Å². The van der Waals surface area contributed by atoms with Gasteiger partial charge in [-0.2, -0.15) is 4.98 Å². The van der Waals surface area contributed by atoms with Gasteiger partial charge in [0.15, 0.2) is 15.8 Å². The molecule has 0 radical (unpaired) electrons. The third-order valence-corrected chi connectivity index (χ3v) is 6.02. The minimum absolute atomic E-state index is 0. The van der Waals surface area contributed by atoms with Crippen LogP contribution in [0, 0.1) is 0 Å². The number of nitrogens with one attached hydrogen (secondary N) is 2. The Morgan fingerprint density at radius 1 is 1.37 bits per heavy atom. The number of nitrogens with zero attached hydrogens (tertiary/aromatic N) is 3. The van der Waals surface area contributed by atoms with Crippen molar-refractivity contribution in [2.24, 2.45) is 4.99 Å². The van der Waals surface area contributed by atoms with Crippen LogP contribution in [0.2, 0.25) is 5.02 Å². The molecular weight excluding hydrogens is 505 g/mol. The normalized spacial score (nSPS) is 18.7. The van der Waals surface area contributed by atoms with Crippen LogP contribution in [0.3, 0.4) is 0 Å². The summed E-state index contributed by atoms with van der Waals surface area (Å²) in [6.07, 6.45) is 1.11. The van der Waals surface area contributed by atoms with Crippen molar-refractivity contribution >= 4 is 51.4 Å². The lowest BCUT2D eigenvalue weighted by molar-refractivity contribution is 0.378. The number of sulfone groups is 1. The summed E-state index contributed by atoms with van der Waals surface area (Å²) >= 11 is 5.87. The van der Waals surface area contributed by atoms with E-state index in [0.29, 0.717) is 42.1 Å². The summed E-state index contributed by atoms with van der Waals surface area (Å²) < 4.78 is 28.3. The van der Waals surface area contributed by atoms with Crippen LogP contribution in [0.5, 0.6) is 0 Å². The van der Waals surface area contributed by atoms with Gasteiger partial charge in [0, 0.05) is 36.6 Å². The van der Waals surface area contributed by atoms with Gasteiger partial charge in [-0.15, -0.1) is 24.0 Å². The smallest absolute Gasteiger partial charge is 0.228 e. The monoisotopic (exact) mass is 525 g/mol. The highest BCUT2D eigenvalue weighted by Crippen LogP contribution is 2.18. The Hall–Kier alpha value is -1.40. The second-order valence-corrected chi connectivity index (χ2v) is 8.68. The first-order valence-electron chi connectivity index (χ1n) is 8.21. The van der Waals surface area contributed by atoms with E-state index in [1.165, 1.54) is 0 Å². The molecule has 1 unspecified atom stereocenters. The Labute approximate surface area is 180 Å². The van der Waals surface area contributed by atoms with Crippen molar-refractivity contribution in [1.82, 2.24) is 20.8 Å². The lowest BCUT2D eigenvalue weighted by Crippen LogP contribution is -2.44. The number of benzene rings is 1. The molecule has 1 aromatic carbocycles. The number of guanidine groups is 1. The van der Waals surface area contributed by atoms with Crippen molar-refractivity contribution in [2.75, 3.05) is 25.1 Å². The van der Waals surface area contributed by atoms with Crippen LogP contribution in [0.1, 0.15) is 12.3 Å². The molecule has 2 heterocycles. The molecule has 0 saturated carbocycles. The van der Waals surface area contributed by atoms with Gasteiger partial charge in [0.2, 0.25) is 11.7 Å². The van der Waals surface area contributed by atoms with E-state index >= 15 is 0 Å². The first kappa shape index (κ1) is 21.9. The Morgan fingerprint density at radius 3 is 2.74 bits per heavy atom. The molecule has 11 heteroatoms. The van der Waals surface area contributed by atoms with Gasteiger partial charge in [-0.1, -0.05) is 16.8 Å². The van der Waals surface area contributed by atoms with E-state index < -0.39 is 9.84 Å². The number of hydrogen-bond donors (Lipinski definition) is 2. The molecule has 0 amide bonds. The van der Waals surface area contributed by atoms with E-state index in [9.17, 15) is 8.42 Å². The summed E-state index contributed by atoms with van der Waals surface area (Å²) in [4.78, 5) is 8.47. The Morgan fingerprint density at radius 2 is 2.11 bits per heavy atom. The molecule has 0 bridgehead atoms. The Balaban J connectivity index is 0.00000261. The fourth-order valence-electron chi connectivity index (χ4n) is 2.66. The molecule has 2 aromatic rings. The molecule has 1 saturated heterocycles. The SMILES string of the molecule is CN=C(NCCc1nc(-c2ccc(Cl)cc2)no1)NC1CCS(=O)(=O)C1.I. The zero-order valence-corrected chi connectivity index (χ0v) is 18.6. The summed E-state index contributed by atoms with van der Waals surface area (Å²) in [6, 6.07) is 7.10. The lowest BCUT2D eigenvalue weighted by Gasteiger charge is -2.15. The van der Waals surface area contributed by atoms with Crippen molar-refractivity contribution in [3.05, 3.63) is 35.2 Å². The molecule has 0 spiro atoms. The van der Waals surface area contributed by atoms with Gasteiger partial charge in [-0.25, -0.2) is 8.42 Å². The molecule has 1 fully saturated rings. The summed E-state index contributed by atoms with van der Waals surface area (Å²) in [5.41, 5.74) is 0.831. The second kappa shape index (κ2) is 9.69. The molecule has 1 aromatic heterocycles. The van der Waals surface area contributed by atoms with E-state index in [1.807, 2.05) is 12.1 Å². The van der Waals surface area contributed by atoms with Crippen LogP contribution in [0.15, 0.2) is 33.8 Å². The lowest BCUT2D eigenvalue weighted by atomic mass is 10.2. The molecule has 2 N–H and O–H groups in total. The maximum absolute atomic E-state index is 11.5. The fourth-order valence-corrected chi connectivity index (χ4v) is 4.46.